The second-order valence-electron chi connectivity index (χ2n) is 5.29. The van der Waals surface area contributed by atoms with Crippen LogP contribution < -0.4 is 10.1 Å². The van der Waals surface area contributed by atoms with Crippen LogP contribution in [0.4, 0.5) is 0 Å². The first-order chi connectivity index (χ1) is 10.7. The van der Waals surface area contributed by atoms with E-state index in [9.17, 15) is 4.79 Å². The van der Waals surface area contributed by atoms with Crippen LogP contribution in [0.2, 0.25) is 0 Å². The van der Waals surface area contributed by atoms with E-state index in [4.69, 9.17) is 4.74 Å². The van der Waals surface area contributed by atoms with Crippen molar-refractivity contribution in [1.29, 1.82) is 0 Å². The van der Waals surface area contributed by atoms with E-state index in [-0.39, 0.29) is 11.9 Å². The molecular formula is C19H23NO2. The van der Waals surface area contributed by atoms with E-state index in [0.717, 1.165) is 29.7 Å². The third kappa shape index (κ3) is 4.35. The third-order valence-electron chi connectivity index (χ3n) is 3.64. The fourth-order valence-electron chi connectivity index (χ4n) is 2.37. The fraction of sp³-hybridized carbons (Fsp3) is 0.316. The van der Waals surface area contributed by atoms with E-state index in [1.54, 1.807) is 7.11 Å². The summed E-state index contributed by atoms with van der Waals surface area (Å²) in [5.74, 6) is 0.902. The molecule has 0 aliphatic heterocycles. The van der Waals surface area contributed by atoms with Crippen molar-refractivity contribution in [2.24, 2.45) is 0 Å². The molecule has 0 aromatic heterocycles. The maximum Gasteiger partial charge on any atom is 0.220 e. The Balaban J connectivity index is 2.22. The van der Waals surface area contributed by atoms with Crippen LogP contribution in [0.1, 0.15) is 43.4 Å². The number of unbranched alkanes of at least 4 members (excludes halogenated alkanes) is 1. The van der Waals surface area contributed by atoms with Gasteiger partial charge in [0.1, 0.15) is 5.75 Å². The Hall–Kier alpha value is -2.29. The van der Waals surface area contributed by atoms with Crippen LogP contribution in [0.5, 0.6) is 5.75 Å². The second-order valence-corrected chi connectivity index (χ2v) is 5.29. The van der Waals surface area contributed by atoms with Crippen molar-refractivity contribution in [2.45, 2.75) is 32.2 Å². The van der Waals surface area contributed by atoms with E-state index in [2.05, 4.69) is 12.2 Å². The lowest BCUT2D eigenvalue weighted by Crippen LogP contribution is -2.29. The molecule has 2 aromatic rings. The van der Waals surface area contributed by atoms with Gasteiger partial charge >= 0.3 is 0 Å². The first kappa shape index (κ1) is 16.1. The number of carbonyl (C=O) groups excluding carboxylic acids is 1. The van der Waals surface area contributed by atoms with E-state index in [0.29, 0.717) is 6.42 Å². The van der Waals surface area contributed by atoms with Crippen molar-refractivity contribution in [1.82, 2.24) is 5.32 Å². The molecule has 0 aliphatic carbocycles. The highest BCUT2D eigenvalue weighted by atomic mass is 16.5. The number of methoxy groups -OCH3 is 1. The molecule has 0 heterocycles. The SMILES string of the molecule is CCCCC(=O)NC(c1ccccc1)c1ccc(OC)cc1. The minimum atomic E-state index is -0.128. The Morgan fingerprint density at radius 3 is 2.27 bits per heavy atom. The lowest BCUT2D eigenvalue weighted by atomic mass is 9.98. The van der Waals surface area contributed by atoms with E-state index >= 15 is 0 Å². The van der Waals surface area contributed by atoms with Gasteiger partial charge in [-0.25, -0.2) is 0 Å². The lowest BCUT2D eigenvalue weighted by Gasteiger charge is -2.20. The van der Waals surface area contributed by atoms with Gasteiger partial charge in [-0.15, -0.1) is 0 Å². The third-order valence-corrected chi connectivity index (χ3v) is 3.64. The van der Waals surface area contributed by atoms with Crippen LogP contribution in [0.3, 0.4) is 0 Å². The topological polar surface area (TPSA) is 38.3 Å². The summed E-state index contributed by atoms with van der Waals surface area (Å²) < 4.78 is 5.20. The Morgan fingerprint density at radius 1 is 1.05 bits per heavy atom. The summed E-state index contributed by atoms with van der Waals surface area (Å²) in [5.41, 5.74) is 2.13. The smallest absolute Gasteiger partial charge is 0.220 e. The Morgan fingerprint density at radius 2 is 1.68 bits per heavy atom. The summed E-state index contributed by atoms with van der Waals surface area (Å²) >= 11 is 0. The van der Waals surface area contributed by atoms with E-state index in [1.165, 1.54) is 0 Å². The minimum absolute atomic E-state index is 0.0894. The normalized spacial score (nSPS) is 11.7. The van der Waals surface area contributed by atoms with E-state index in [1.807, 2.05) is 54.6 Å². The van der Waals surface area contributed by atoms with Gasteiger partial charge in [-0.2, -0.15) is 0 Å². The van der Waals surface area contributed by atoms with Crippen molar-refractivity contribution in [2.75, 3.05) is 7.11 Å². The van der Waals surface area contributed by atoms with Crippen molar-refractivity contribution in [3.8, 4) is 5.75 Å². The number of hydrogen-bond donors (Lipinski definition) is 1. The average molecular weight is 297 g/mol. The first-order valence-corrected chi connectivity index (χ1v) is 7.73. The van der Waals surface area contributed by atoms with Crippen LogP contribution in [0, 0.1) is 0 Å². The molecule has 3 heteroatoms. The van der Waals surface area contributed by atoms with Crippen LogP contribution in [-0.2, 0) is 4.79 Å². The van der Waals surface area contributed by atoms with Crippen molar-refractivity contribution in [3.63, 3.8) is 0 Å². The van der Waals surface area contributed by atoms with Crippen LogP contribution in [0.15, 0.2) is 54.6 Å². The Kier molecular flexibility index (Phi) is 6.01. The van der Waals surface area contributed by atoms with Crippen molar-refractivity contribution >= 4 is 5.91 Å². The molecule has 0 bridgehead atoms. The Labute approximate surface area is 132 Å². The summed E-state index contributed by atoms with van der Waals surface area (Å²) in [6.07, 6.45) is 2.50. The maximum atomic E-state index is 12.1. The van der Waals surface area contributed by atoms with Gasteiger partial charge in [0.25, 0.3) is 0 Å². The molecular weight excluding hydrogens is 274 g/mol. The molecule has 0 saturated heterocycles. The summed E-state index contributed by atoms with van der Waals surface area (Å²) in [4.78, 5) is 12.1. The number of ether oxygens (including phenoxy) is 1. The number of carbonyl (C=O) groups is 1. The fourth-order valence-corrected chi connectivity index (χ4v) is 2.37. The Bertz CT molecular complexity index is 578. The zero-order chi connectivity index (χ0) is 15.8. The monoisotopic (exact) mass is 297 g/mol. The molecule has 0 radical (unpaired) electrons. The number of hydrogen-bond acceptors (Lipinski definition) is 2. The molecule has 0 spiro atoms. The molecule has 0 saturated carbocycles. The van der Waals surface area contributed by atoms with Gasteiger partial charge in [-0.05, 0) is 29.7 Å². The van der Waals surface area contributed by atoms with E-state index < -0.39 is 0 Å². The van der Waals surface area contributed by atoms with Crippen molar-refractivity contribution in [3.05, 3.63) is 65.7 Å². The predicted octanol–water partition coefficient (Wildman–Crippen LogP) is 4.09. The highest BCUT2D eigenvalue weighted by Crippen LogP contribution is 2.24. The molecule has 2 rings (SSSR count). The molecule has 22 heavy (non-hydrogen) atoms. The number of nitrogens with one attached hydrogen (secondary N) is 1. The quantitative estimate of drug-likeness (QED) is 0.836. The molecule has 116 valence electrons. The minimum Gasteiger partial charge on any atom is -0.497 e. The van der Waals surface area contributed by atoms with Gasteiger partial charge in [0, 0.05) is 6.42 Å². The molecule has 3 nitrogen and oxygen atoms in total. The van der Waals surface area contributed by atoms with Gasteiger partial charge in [-0.3, -0.25) is 4.79 Å². The first-order valence-electron chi connectivity index (χ1n) is 7.73. The molecule has 2 aromatic carbocycles. The highest BCUT2D eigenvalue weighted by molar-refractivity contribution is 5.77. The number of rotatable bonds is 7. The molecule has 0 fully saturated rings. The average Bonchev–Trinajstić information content (AvgIpc) is 2.59. The standard InChI is InChI=1S/C19H23NO2/c1-3-4-10-18(21)20-19(15-8-6-5-7-9-15)16-11-13-17(22-2)14-12-16/h5-9,11-14,19H,3-4,10H2,1-2H3,(H,20,21). The van der Waals surface area contributed by atoms with Crippen LogP contribution in [0.25, 0.3) is 0 Å². The summed E-state index contributed by atoms with van der Waals surface area (Å²) in [6.45, 7) is 2.09. The molecule has 1 N–H and O–H groups in total. The molecule has 1 amide bonds. The second kappa shape index (κ2) is 8.23. The highest BCUT2D eigenvalue weighted by Gasteiger charge is 2.16. The summed E-state index contributed by atoms with van der Waals surface area (Å²) in [5, 5.41) is 3.14. The predicted molar refractivity (Wildman–Crippen MR) is 88.9 cm³/mol. The van der Waals surface area contributed by atoms with Gasteiger partial charge in [-0.1, -0.05) is 55.8 Å². The largest absolute Gasteiger partial charge is 0.497 e. The lowest BCUT2D eigenvalue weighted by molar-refractivity contribution is -0.121. The molecule has 0 aliphatic rings. The number of benzene rings is 2. The zero-order valence-electron chi connectivity index (χ0n) is 13.2. The van der Waals surface area contributed by atoms with Crippen LogP contribution in [-0.4, -0.2) is 13.0 Å². The van der Waals surface area contributed by atoms with Crippen LogP contribution >= 0.6 is 0 Å². The van der Waals surface area contributed by atoms with Gasteiger partial charge < -0.3 is 10.1 Å². The zero-order valence-corrected chi connectivity index (χ0v) is 13.2. The summed E-state index contributed by atoms with van der Waals surface area (Å²) in [6, 6.07) is 17.7. The van der Waals surface area contributed by atoms with Crippen molar-refractivity contribution < 1.29 is 9.53 Å². The van der Waals surface area contributed by atoms with Gasteiger partial charge in [0.05, 0.1) is 13.2 Å². The van der Waals surface area contributed by atoms with Gasteiger partial charge in [0.15, 0.2) is 0 Å². The number of amides is 1. The molecule has 1 atom stereocenters. The summed E-state index contributed by atoms with van der Waals surface area (Å²) in [7, 11) is 1.65. The maximum absolute atomic E-state index is 12.1. The molecule has 1 unspecified atom stereocenters. The van der Waals surface area contributed by atoms with Gasteiger partial charge in [0.2, 0.25) is 5.91 Å².